The molecule has 0 amide bonds. The van der Waals surface area contributed by atoms with E-state index >= 15 is 0 Å². The van der Waals surface area contributed by atoms with Crippen LogP contribution < -0.4 is 10.2 Å². The van der Waals surface area contributed by atoms with Crippen LogP contribution in [0, 0.1) is 0 Å². The zero-order valence-electron chi connectivity index (χ0n) is 9.14. The lowest BCUT2D eigenvalue weighted by Crippen LogP contribution is -2.24. The van der Waals surface area contributed by atoms with Gasteiger partial charge in [-0.05, 0) is 18.6 Å². The van der Waals surface area contributed by atoms with Gasteiger partial charge in [0.15, 0.2) is 5.43 Å². The Morgan fingerprint density at radius 2 is 2.31 bits per heavy atom. The van der Waals surface area contributed by atoms with Crippen molar-refractivity contribution < 1.29 is 4.74 Å². The Labute approximate surface area is 93.3 Å². The second-order valence-corrected chi connectivity index (χ2v) is 4.11. The molecule has 1 aliphatic rings. The van der Waals surface area contributed by atoms with Crippen molar-refractivity contribution in [1.82, 2.24) is 4.57 Å². The third-order valence-corrected chi connectivity index (χ3v) is 3.21. The van der Waals surface area contributed by atoms with Crippen LogP contribution in [0.1, 0.15) is 19.4 Å². The van der Waals surface area contributed by atoms with Gasteiger partial charge in [-0.25, -0.2) is 0 Å². The minimum Gasteiger partial charge on any atom is -0.489 e. The van der Waals surface area contributed by atoms with E-state index in [1.165, 1.54) is 0 Å². The zero-order chi connectivity index (χ0) is 11.1. The molecule has 0 unspecified atom stereocenters. The van der Waals surface area contributed by atoms with Crippen LogP contribution >= 0.6 is 0 Å². The van der Waals surface area contributed by atoms with Crippen LogP contribution in [-0.2, 0) is 0 Å². The molecule has 3 heteroatoms. The van der Waals surface area contributed by atoms with Crippen LogP contribution in [0.25, 0.3) is 10.9 Å². The second kappa shape index (κ2) is 3.37. The van der Waals surface area contributed by atoms with Gasteiger partial charge in [0.1, 0.15) is 12.4 Å². The summed E-state index contributed by atoms with van der Waals surface area (Å²) < 4.78 is 7.86. The molecule has 3 rings (SSSR count). The highest BCUT2D eigenvalue weighted by Crippen LogP contribution is 2.31. The molecule has 2 aromatic rings. The molecule has 0 aliphatic carbocycles. The van der Waals surface area contributed by atoms with E-state index in [2.05, 4.69) is 11.5 Å². The monoisotopic (exact) mass is 215 g/mol. The highest BCUT2D eigenvalue weighted by molar-refractivity contribution is 5.85. The fourth-order valence-corrected chi connectivity index (χ4v) is 2.30. The maximum Gasteiger partial charge on any atom is 0.189 e. The van der Waals surface area contributed by atoms with Crippen LogP contribution in [0.4, 0.5) is 0 Å². The fraction of sp³-hybridized carbons (Fsp3) is 0.308. The molecule has 0 spiro atoms. The van der Waals surface area contributed by atoms with Gasteiger partial charge in [0.25, 0.3) is 0 Å². The summed E-state index contributed by atoms with van der Waals surface area (Å²) in [7, 11) is 0. The van der Waals surface area contributed by atoms with Crippen molar-refractivity contribution in [3.05, 3.63) is 40.7 Å². The minimum atomic E-state index is 0.0634. The SMILES string of the molecule is CC[C@H]1COc2cccc3c(=O)ccn1c23. The third-order valence-electron chi connectivity index (χ3n) is 3.21. The lowest BCUT2D eigenvalue weighted by atomic mass is 10.1. The van der Waals surface area contributed by atoms with E-state index in [9.17, 15) is 4.79 Å². The highest BCUT2D eigenvalue weighted by atomic mass is 16.5. The van der Waals surface area contributed by atoms with Gasteiger partial charge >= 0.3 is 0 Å². The van der Waals surface area contributed by atoms with Crippen LogP contribution in [0.15, 0.2) is 35.3 Å². The summed E-state index contributed by atoms with van der Waals surface area (Å²) in [4.78, 5) is 11.7. The normalized spacial score (nSPS) is 18.4. The molecule has 3 nitrogen and oxygen atoms in total. The summed E-state index contributed by atoms with van der Waals surface area (Å²) in [5.74, 6) is 0.819. The molecular weight excluding hydrogens is 202 g/mol. The molecule has 1 aromatic carbocycles. The standard InChI is InChI=1S/C13H13NO2/c1-2-9-8-16-12-5-3-4-10-11(15)6-7-14(9)13(10)12/h3-7,9H,2,8H2,1H3/t9-/m0/s1. The summed E-state index contributed by atoms with van der Waals surface area (Å²) in [6.45, 7) is 2.82. The number of pyridine rings is 1. The number of hydrogen-bond donors (Lipinski definition) is 0. The van der Waals surface area contributed by atoms with Crippen molar-refractivity contribution in [2.75, 3.05) is 6.61 Å². The lowest BCUT2D eigenvalue weighted by Gasteiger charge is -2.27. The largest absolute Gasteiger partial charge is 0.489 e. The first-order chi connectivity index (χ1) is 7.81. The maximum atomic E-state index is 11.7. The summed E-state index contributed by atoms with van der Waals surface area (Å²) in [5.41, 5.74) is 1.00. The Morgan fingerprint density at radius 1 is 1.44 bits per heavy atom. The van der Waals surface area contributed by atoms with E-state index in [1.807, 2.05) is 24.4 Å². The molecule has 1 aliphatic heterocycles. The molecule has 0 saturated heterocycles. The van der Waals surface area contributed by atoms with Gasteiger partial charge in [-0.2, -0.15) is 0 Å². The van der Waals surface area contributed by atoms with E-state index in [0.29, 0.717) is 12.6 Å². The number of aromatic nitrogens is 1. The van der Waals surface area contributed by atoms with Crippen LogP contribution in [-0.4, -0.2) is 11.2 Å². The summed E-state index contributed by atoms with van der Waals surface area (Å²) in [5, 5.41) is 0.748. The fourth-order valence-electron chi connectivity index (χ4n) is 2.30. The Balaban J connectivity index is 2.44. The second-order valence-electron chi connectivity index (χ2n) is 4.11. The first kappa shape index (κ1) is 9.46. The van der Waals surface area contributed by atoms with E-state index in [0.717, 1.165) is 23.1 Å². The molecule has 82 valence electrons. The van der Waals surface area contributed by atoms with Gasteiger partial charge in [-0.15, -0.1) is 0 Å². The molecule has 16 heavy (non-hydrogen) atoms. The van der Waals surface area contributed by atoms with Crippen molar-refractivity contribution in [2.45, 2.75) is 19.4 Å². The average Bonchev–Trinajstić information content (AvgIpc) is 2.34. The number of hydrogen-bond acceptors (Lipinski definition) is 2. The predicted octanol–water partition coefficient (Wildman–Crippen LogP) is 2.35. The topological polar surface area (TPSA) is 31.2 Å². The molecule has 0 N–H and O–H groups in total. The summed E-state index contributed by atoms with van der Waals surface area (Å²) in [6.07, 6.45) is 2.89. The quantitative estimate of drug-likeness (QED) is 0.731. The van der Waals surface area contributed by atoms with Crippen molar-refractivity contribution >= 4 is 10.9 Å². The van der Waals surface area contributed by atoms with Gasteiger partial charge in [-0.1, -0.05) is 13.0 Å². The van der Waals surface area contributed by atoms with E-state index in [-0.39, 0.29) is 5.43 Å². The minimum absolute atomic E-state index is 0.0634. The van der Waals surface area contributed by atoms with Crippen molar-refractivity contribution in [2.24, 2.45) is 0 Å². The first-order valence-corrected chi connectivity index (χ1v) is 5.58. The number of nitrogens with zero attached hydrogens (tertiary/aromatic N) is 1. The first-order valence-electron chi connectivity index (χ1n) is 5.58. The third kappa shape index (κ3) is 1.18. The zero-order valence-corrected chi connectivity index (χ0v) is 9.14. The molecule has 2 heterocycles. The molecule has 0 radical (unpaired) electrons. The Hall–Kier alpha value is -1.77. The van der Waals surface area contributed by atoms with Gasteiger partial charge < -0.3 is 9.30 Å². The van der Waals surface area contributed by atoms with E-state index in [1.54, 1.807) is 6.07 Å². The number of para-hydroxylation sites is 1. The number of benzene rings is 1. The molecule has 1 atom stereocenters. The van der Waals surface area contributed by atoms with Crippen molar-refractivity contribution in [3.63, 3.8) is 0 Å². The molecule has 0 bridgehead atoms. The number of rotatable bonds is 1. The maximum absolute atomic E-state index is 11.7. The van der Waals surface area contributed by atoms with Gasteiger partial charge in [0, 0.05) is 17.6 Å². The molecule has 0 fully saturated rings. The number of ether oxygens (including phenoxy) is 1. The van der Waals surface area contributed by atoms with Crippen LogP contribution in [0.3, 0.4) is 0 Å². The van der Waals surface area contributed by atoms with Crippen LogP contribution in [0.5, 0.6) is 5.75 Å². The van der Waals surface area contributed by atoms with Gasteiger partial charge in [0.2, 0.25) is 0 Å². The summed E-state index contributed by atoms with van der Waals surface area (Å²) >= 11 is 0. The van der Waals surface area contributed by atoms with E-state index < -0.39 is 0 Å². The van der Waals surface area contributed by atoms with Gasteiger partial charge in [0.05, 0.1) is 11.6 Å². The van der Waals surface area contributed by atoms with Crippen LogP contribution in [0.2, 0.25) is 0 Å². The lowest BCUT2D eigenvalue weighted by molar-refractivity contribution is 0.232. The summed E-state index contributed by atoms with van der Waals surface area (Å²) in [6, 6.07) is 7.62. The van der Waals surface area contributed by atoms with Crippen molar-refractivity contribution in [3.8, 4) is 5.75 Å². The Bertz CT molecular complexity index is 600. The Morgan fingerprint density at radius 3 is 3.12 bits per heavy atom. The molecule has 1 aromatic heterocycles. The van der Waals surface area contributed by atoms with E-state index in [4.69, 9.17) is 4.74 Å². The highest BCUT2D eigenvalue weighted by Gasteiger charge is 2.20. The smallest absolute Gasteiger partial charge is 0.189 e. The average molecular weight is 215 g/mol. The van der Waals surface area contributed by atoms with Gasteiger partial charge in [-0.3, -0.25) is 4.79 Å². The predicted molar refractivity (Wildman–Crippen MR) is 63.0 cm³/mol. The van der Waals surface area contributed by atoms with Crippen molar-refractivity contribution in [1.29, 1.82) is 0 Å². The Kier molecular flexibility index (Phi) is 1.99. The molecular formula is C13H13NO2. The molecule has 0 saturated carbocycles.